The first kappa shape index (κ1) is 37.4. The highest BCUT2D eigenvalue weighted by atomic mass is 15.4. The van der Waals surface area contributed by atoms with Gasteiger partial charge in [-0.2, -0.15) is 0 Å². The van der Waals surface area contributed by atoms with Gasteiger partial charge in [0.15, 0.2) is 0 Å². The van der Waals surface area contributed by atoms with Gasteiger partial charge in [0.1, 0.15) is 6.17 Å². The van der Waals surface area contributed by atoms with Gasteiger partial charge < -0.3 is 9.80 Å². The summed E-state index contributed by atoms with van der Waals surface area (Å²) in [5.41, 5.74) is 0. The molecule has 238 valence electrons. The Kier molecular flexibility index (Phi) is 27.9. The zero-order valence-corrected chi connectivity index (χ0v) is 28.3. The monoisotopic (exact) mass is 561 g/mol. The minimum Gasteiger partial charge on any atom is -0.356 e. The summed E-state index contributed by atoms with van der Waals surface area (Å²) in [4.78, 5) is 5.40. The van der Waals surface area contributed by atoms with E-state index in [0.29, 0.717) is 6.17 Å². The molecule has 0 N–H and O–H groups in total. The summed E-state index contributed by atoms with van der Waals surface area (Å²) in [5, 5.41) is 0. The Hall–Kier alpha value is -0.660. The topological polar surface area (TPSA) is 6.48 Å². The van der Waals surface area contributed by atoms with Crippen LogP contribution in [0.2, 0.25) is 0 Å². The van der Waals surface area contributed by atoms with Crippen molar-refractivity contribution in [2.24, 2.45) is 0 Å². The van der Waals surface area contributed by atoms with E-state index in [1.54, 1.807) is 0 Å². The van der Waals surface area contributed by atoms with E-state index in [2.05, 4.69) is 43.0 Å². The fourth-order valence-corrected chi connectivity index (χ4v) is 6.54. The number of hydrogen-bond donors (Lipinski definition) is 0. The van der Waals surface area contributed by atoms with Gasteiger partial charge in [-0.3, -0.25) is 0 Å². The van der Waals surface area contributed by atoms with Gasteiger partial charge >= 0.3 is 0 Å². The van der Waals surface area contributed by atoms with Crippen LogP contribution < -0.4 is 0 Å². The van der Waals surface area contributed by atoms with Crippen LogP contribution in [0.5, 0.6) is 0 Å². The van der Waals surface area contributed by atoms with Crippen molar-refractivity contribution in [3.8, 4) is 0 Å². The molecule has 0 fully saturated rings. The van der Waals surface area contributed by atoms with Crippen LogP contribution >= 0.6 is 0 Å². The fraction of sp³-hybridized carbons (Fsp3) is 0.947. The Balaban J connectivity index is 2.14. The van der Waals surface area contributed by atoms with Gasteiger partial charge in [0.2, 0.25) is 0 Å². The smallest absolute Gasteiger partial charge is 0.101 e. The summed E-state index contributed by atoms with van der Waals surface area (Å²) in [6.07, 6.45) is 48.5. The van der Waals surface area contributed by atoms with E-state index in [4.69, 9.17) is 0 Å². The summed E-state index contributed by atoms with van der Waals surface area (Å²) < 4.78 is 0. The van der Waals surface area contributed by atoms with Gasteiger partial charge in [-0.15, -0.1) is 0 Å². The molecule has 0 aliphatic carbocycles. The lowest BCUT2D eigenvalue weighted by atomic mass is 10.0. The van der Waals surface area contributed by atoms with Crippen molar-refractivity contribution in [3.05, 3.63) is 12.4 Å². The van der Waals surface area contributed by atoms with Crippen molar-refractivity contribution < 1.29 is 0 Å². The lowest BCUT2D eigenvalue weighted by Gasteiger charge is -2.33. The van der Waals surface area contributed by atoms with Crippen LogP contribution in [-0.4, -0.2) is 29.1 Å². The highest BCUT2D eigenvalue weighted by Crippen LogP contribution is 2.24. The highest BCUT2D eigenvalue weighted by Gasteiger charge is 2.24. The number of hydrogen-bond acceptors (Lipinski definition) is 2. The normalized spacial score (nSPS) is 15.1. The SMILES string of the molecule is CCCCCCCCCCCCCCCC1N(CCCCCC)C=CN1CCCCCCCCCCCCCC. The first-order chi connectivity index (χ1) is 19.8. The van der Waals surface area contributed by atoms with Crippen LogP contribution in [0.1, 0.15) is 213 Å². The van der Waals surface area contributed by atoms with Crippen molar-refractivity contribution in [2.45, 2.75) is 220 Å². The van der Waals surface area contributed by atoms with Crippen LogP contribution in [0.25, 0.3) is 0 Å². The molecule has 1 unspecified atom stereocenters. The summed E-state index contributed by atoms with van der Waals surface area (Å²) in [7, 11) is 0. The van der Waals surface area contributed by atoms with Crippen molar-refractivity contribution in [1.82, 2.24) is 9.80 Å². The Bertz CT molecular complexity index is 516. The third-order valence-electron chi connectivity index (χ3n) is 9.32. The minimum atomic E-state index is 0.641. The highest BCUT2D eigenvalue weighted by molar-refractivity contribution is 4.97. The predicted molar refractivity (Wildman–Crippen MR) is 182 cm³/mol. The van der Waals surface area contributed by atoms with Crippen LogP contribution in [-0.2, 0) is 0 Å². The molecule has 1 rings (SSSR count). The van der Waals surface area contributed by atoms with Crippen LogP contribution in [0, 0.1) is 0 Å². The predicted octanol–water partition coefficient (Wildman–Crippen LogP) is 13.2. The molecular weight excluding hydrogens is 484 g/mol. The molecule has 1 heterocycles. The van der Waals surface area contributed by atoms with Gasteiger partial charge in [0.05, 0.1) is 0 Å². The maximum Gasteiger partial charge on any atom is 0.101 e. The quantitative estimate of drug-likeness (QED) is 0.0755. The lowest BCUT2D eigenvalue weighted by molar-refractivity contribution is 0.135. The van der Waals surface area contributed by atoms with E-state index in [0.717, 1.165) is 0 Å². The van der Waals surface area contributed by atoms with Crippen molar-refractivity contribution in [1.29, 1.82) is 0 Å². The fourth-order valence-electron chi connectivity index (χ4n) is 6.54. The average molecular weight is 561 g/mol. The molecule has 1 atom stereocenters. The maximum absolute atomic E-state index is 2.70. The van der Waals surface area contributed by atoms with Crippen LogP contribution in [0.3, 0.4) is 0 Å². The molecule has 0 bridgehead atoms. The number of rotatable bonds is 32. The Labute approximate surface area is 254 Å². The van der Waals surface area contributed by atoms with Crippen LogP contribution in [0.4, 0.5) is 0 Å². The second kappa shape index (κ2) is 29.8. The average Bonchev–Trinajstić information content (AvgIpc) is 3.35. The Morgan fingerprint density at radius 1 is 0.325 bits per heavy atom. The van der Waals surface area contributed by atoms with Crippen LogP contribution in [0.15, 0.2) is 12.4 Å². The van der Waals surface area contributed by atoms with E-state index >= 15 is 0 Å². The number of nitrogens with zero attached hydrogens (tertiary/aromatic N) is 2. The van der Waals surface area contributed by atoms with E-state index in [9.17, 15) is 0 Å². The summed E-state index contributed by atoms with van der Waals surface area (Å²) in [6, 6.07) is 0. The molecule has 1 aliphatic rings. The first-order valence-corrected chi connectivity index (χ1v) is 19.0. The van der Waals surface area contributed by atoms with Gasteiger partial charge in [-0.1, -0.05) is 188 Å². The van der Waals surface area contributed by atoms with Gasteiger partial charge in [0, 0.05) is 25.5 Å². The molecule has 0 spiro atoms. The molecule has 1 aliphatic heterocycles. The molecular formula is C38H76N2. The van der Waals surface area contributed by atoms with Gasteiger partial charge in [-0.05, 0) is 25.7 Å². The molecule has 0 aromatic rings. The third-order valence-corrected chi connectivity index (χ3v) is 9.32. The molecule has 2 nitrogen and oxygen atoms in total. The third kappa shape index (κ3) is 22.0. The van der Waals surface area contributed by atoms with Crippen molar-refractivity contribution in [2.75, 3.05) is 13.1 Å². The first-order valence-electron chi connectivity index (χ1n) is 19.0. The lowest BCUT2D eigenvalue weighted by Crippen LogP contribution is -2.39. The van der Waals surface area contributed by atoms with E-state index in [1.807, 2.05) is 0 Å². The Morgan fingerprint density at radius 3 is 0.900 bits per heavy atom. The number of unbranched alkanes of at least 4 members (excludes halogenated alkanes) is 26. The molecule has 0 saturated heterocycles. The van der Waals surface area contributed by atoms with Gasteiger partial charge in [0.25, 0.3) is 0 Å². The molecule has 0 aromatic carbocycles. The second-order valence-electron chi connectivity index (χ2n) is 13.2. The van der Waals surface area contributed by atoms with E-state index in [-0.39, 0.29) is 0 Å². The molecule has 0 saturated carbocycles. The zero-order valence-electron chi connectivity index (χ0n) is 28.3. The maximum atomic E-state index is 2.70. The molecule has 0 radical (unpaired) electrons. The summed E-state index contributed by atoms with van der Waals surface area (Å²) in [5.74, 6) is 0. The molecule has 0 aromatic heterocycles. The largest absolute Gasteiger partial charge is 0.356 e. The van der Waals surface area contributed by atoms with Crippen molar-refractivity contribution >= 4 is 0 Å². The molecule has 2 heteroatoms. The van der Waals surface area contributed by atoms with Gasteiger partial charge in [-0.25, -0.2) is 0 Å². The standard InChI is InChI=1S/C38H76N2/c1-4-7-10-13-15-17-19-21-22-24-26-28-30-33-38-39(34-31-12-9-6-3)36-37-40(38)35-32-29-27-25-23-20-18-16-14-11-8-5-2/h36-38H,4-35H2,1-3H3. The minimum absolute atomic E-state index is 0.641. The summed E-state index contributed by atoms with van der Waals surface area (Å²) in [6.45, 7) is 9.47. The molecule has 0 amide bonds. The van der Waals surface area contributed by atoms with Crippen molar-refractivity contribution in [3.63, 3.8) is 0 Å². The Morgan fingerprint density at radius 2 is 0.575 bits per heavy atom. The molecule has 40 heavy (non-hydrogen) atoms. The summed E-state index contributed by atoms with van der Waals surface area (Å²) >= 11 is 0. The van der Waals surface area contributed by atoms with E-state index < -0.39 is 0 Å². The zero-order chi connectivity index (χ0) is 28.8. The second-order valence-corrected chi connectivity index (χ2v) is 13.2. The van der Waals surface area contributed by atoms with E-state index in [1.165, 1.54) is 206 Å².